The lowest BCUT2D eigenvalue weighted by atomic mass is 9.95. The van der Waals surface area contributed by atoms with E-state index in [0.717, 1.165) is 15.1 Å². The first-order chi connectivity index (χ1) is 20.5. The van der Waals surface area contributed by atoms with Crippen LogP contribution in [-0.4, -0.2) is 12.7 Å². The van der Waals surface area contributed by atoms with Crippen LogP contribution in [0.3, 0.4) is 0 Å². The highest BCUT2D eigenvalue weighted by Crippen LogP contribution is 2.33. The zero-order chi connectivity index (χ0) is 29.6. The Bertz CT molecular complexity index is 1690. The van der Waals surface area contributed by atoms with Crippen molar-refractivity contribution in [1.29, 1.82) is 0 Å². The fourth-order valence-corrected chi connectivity index (χ4v) is 5.06. The van der Waals surface area contributed by atoms with Gasteiger partial charge in [-0.05, 0) is 69.8 Å². The minimum Gasteiger partial charge on any atom is -0.537 e. The topological polar surface area (TPSA) is 29.5 Å². The summed E-state index contributed by atoms with van der Waals surface area (Å²) in [5.74, 6) is 0.523. The highest BCUT2D eigenvalue weighted by molar-refractivity contribution is 9.10. The molecule has 6 rings (SSSR count). The molecule has 0 saturated heterocycles. The third-order valence-corrected chi connectivity index (χ3v) is 7.25. The van der Waals surface area contributed by atoms with E-state index in [4.69, 9.17) is 28.2 Å². The summed E-state index contributed by atoms with van der Waals surface area (Å²) in [5, 5.41) is 9.57. The van der Waals surface area contributed by atoms with E-state index in [1.165, 1.54) is 27.8 Å². The molecule has 6 heteroatoms. The number of benzene rings is 6. The van der Waals surface area contributed by atoms with Crippen LogP contribution in [0.15, 0.2) is 162 Å². The number of hydrogen-bond donors (Lipinski definition) is 1. The maximum absolute atomic E-state index is 8.22. The molecular formula is C36H29BBrCl2O2. The first-order valence-corrected chi connectivity index (χ1v) is 14.7. The minimum absolute atomic E-state index is 0. The predicted octanol–water partition coefficient (Wildman–Crippen LogP) is 11.3. The van der Waals surface area contributed by atoms with Gasteiger partial charge in [0.15, 0.2) is 0 Å². The van der Waals surface area contributed by atoms with Gasteiger partial charge >= 0.3 is 7.69 Å². The second kappa shape index (κ2) is 16.6. The molecule has 0 aliphatic heterocycles. The van der Waals surface area contributed by atoms with Crippen LogP contribution in [0.5, 0.6) is 5.75 Å². The van der Waals surface area contributed by atoms with Crippen molar-refractivity contribution in [3.63, 3.8) is 0 Å². The molecule has 6 aromatic carbocycles. The standard InChI is InChI=1S/C18H13Cl.C12H9Br.C6H5BClO2.H2/c19-16-10-6-9-15(13-16)18-12-5-4-11-17(18)14-7-2-1-3-8-14;13-12-9-5-4-8-11(12)10-6-2-1-3-7-10;8-5-2-1-3-6(4-5)10-7-9;/h1-13H;1-9H;1-4,9H;1H/i;;;1+1. The third kappa shape index (κ3) is 9.37. The smallest absolute Gasteiger partial charge is 0.537 e. The third-order valence-electron chi connectivity index (χ3n) is 6.09. The molecule has 0 bridgehead atoms. The summed E-state index contributed by atoms with van der Waals surface area (Å²) in [4.78, 5) is 0. The van der Waals surface area contributed by atoms with Crippen molar-refractivity contribution >= 4 is 46.8 Å². The lowest BCUT2D eigenvalue weighted by Crippen LogP contribution is -1.98. The highest BCUT2D eigenvalue weighted by Gasteiger charge is 2.06. The van der Waals surface area contributed by atoms with Gasteiger partial charge < -0.3 is 9.68 Å². The second-order valence-electron chi connectivity index (χ2n) is 8.95. The molecule has 0 amide bonds. The van der Waals surface area contributed by atoms with Gasteiger partial charge in [0.05, 0.1) is 0 Å². The molecule has 42 heavy (non-hydrogen) atoms. The van der Waals surface area contributed by atoms with Crippen molar-refractivity contribution in [3.8, 4) is 39.1 Å². The maximum atomic E-state index is 8.22. The van der Waals surface area contributed by atoms with Crippen molar-refractivity contribution in [2.75, 3.05) is 0 Å². The van der Waals surface area contributed by atoms with E-state index in [-0.39, 0.29) is 1.43 Å². The van der Waals surface area contributed by atoms with Gasteiger partial charge in [-0.25, -0.2) is 0 Å². The quantitative estimate of drug-likeness (QED) is 0.187. The predicted molar refractivity (Wildman–Crippen MR) is 184 cm³/mol. The van der Waals surface area contributed by atoms with Crippen molar-refractivity contribution in [2.45, 2.75) is 0 Å². The van der Waals surface area contributed by atoms with Crippen LogP contribution in [-0.2, 0) is 0 Å². The van der Waals surface area contributed by atoms with Crippen LogP contribution in [0.4, 0.5) is 0 Å². The summed E-state index contributed by atoms with van der Waals surface area (Å²) in [6, 6.07) is 52.1. The van der Waals surface area contributed by atoms with Crippen molar-refractivity contribution in [2.24, 2.45) is 0 Å². The Morgan fingerprint density at radius 2 is 0.952 bits per heavy atom. The highest BCUT2D eigenvalue weighted by atomic mass is 79.9. The lowest BCUT2D eigenvalue weighted by Gasteiger charge is -2.10. The van der Waals surface area contributed by atoms with E-state index in [0.29, 0.717) is 18.5 Å². The van der Waals surface area contributed by atoms with Gasteiger partial charge in [0.2, 0.25) is 0 Å². The Kier molecular flexibility index (Phi) is 12.3. The van der Waals surface area contributed by atoms with Crippen molar-refractivity contribution in [1.82, 2.24) is 0 Å². The molecule has 209 valence electrons. The van der Waals surface area contributed by atoms with Crippen LogP contribution in [0.2, 0.25) is 10.0 Å². The van der Waals surface area contributed by atoms with E-state index < -0.39 is 0 Å². The SMILES string of the molecule is Brc1ccccc1-c1ccccc1.Clc1cccc(-c2ccccc2-c2ccccc2)c1.O[B]Oc1cccc(Cl)c1.[2HH]. The Morgan fingerprint density at radius 1 is 0.500 bits per heavy atom. The number of rotatable bonds is 5. The number of hydrogen-bond acceptors (Lipinski definition) is 2. The minimum atomic E-state index is 0. The van der Waals surface area contributed by atoms with Crippen LogP contribution < -0.4 is 4.65 Å². The fraction of sp³-hybridized carbons (Fsp3) is 0. The Balaban J connectivity index is 0.000000185. The Hall–Kier alpha value is -3.80. The second-order valence-corrected chi connectivity index (χ2v) is 10.7. The van der Waals surface area contributed by atoms with E-state index in [1.54, 1.807) is 24.3 Å². The molecule has 0 spiro atoms. The number of halogens is 3. The molecular weight excluding hydrogens is 626 g/mol. The molecule has 0 aromatic heterocycles. The zero-order valence-corrected chi connectivity index (χ0v) is 25.7. The average molecular weight is 656 g/mol. The maximum Gasteiger partial charge on any atom is 0.569 e. The first-order valence-electron chi connectivity index (χ1n) is 13.1. The molecule has 0 saturated carbocycles. The van der Waals surface area contributed by atoms with Gasteiger partial charge in [-0.3, -0.25) is 0 Å². The van der Waals surface area contributed by atoms with Gasteiger partial charge in [0.1, 0.15) is 5.75 Å². The summed E-state index contributed by atoms with van der Waals surface area (Å²) >= 11 is 15.2. The van der Waals surface area contributed by atoms with E-state index in [1.807, 2.05) is 42.5 Å². The normalized spacial score (nSPS) is 9.90. The van der Waals surface area contributed by atoms with Crippen LogP contribution in [0.25, 0.3) is 33.4 Å². The van der Waals surface area contributed by atoms with Gasteiger partial charge in [-0.15, -0.1) is 0 Å². The van der Waals surface area contributed by atoms with Gasteiger partial charge in [0.25, 0.3) is 0 Å². The molecule has 0 fully saturated rings. The fourth-order valence-electron chi connectivity index (χ4n) is 4.17. The lowest BCUT2D eigenvalue weighted by molar-refractivity contribution is 0.454. The Labute approximate surface area is 268 Å². The van der Waals surface area contributed by atoms with Gasteiger partial charge in [-0.1, -0.05) is 160 Å². The largest absolute Gasteiger partial charge is 0.569 e. The summed E-state index contributed by atoms with van der Waals surface area (Å²) in [6.45, 7) is 0. The van der Waals surface area contributed by atoms with E-state index >= 15 is 0 Å². The summed E-state index contributed by atoms with van der Waals surface area (Å²) < 4.78 is 5.77. The van der Waals surface area contributed by atoms with Crippen LogP contribution >= 0.6 is 39.1 Å². The summed E-state index contributed by atoms with van der Waals surface area (Å²) in [5.41, 5.74) is 7.28. The molecule has 1 N–H and O–H groups in total. The van der Waals surface area contributed by atoms with Gasteiger partial charge in [0, 0.05) is 15.9 Å². The molecule has 0 heterocycles. The molecule has 0 aliphatic carbocycles. The molecule has 6 aromatic rings. The van der Waals surface area contributed by atoms with Gasteiger partial charge in [-0.2, -0.15) is 0 Å². The molecule has 1 radical (unpaired) electrons. The van der Waals surface area contributed by atoms with Crippen molar-refractivity contribution in [3.05, 3.63) is 172 Å². The molecule has 0 atom stereocenters. The summed E-state index contributed by atoms with van der Waals surface area (Å²) in [6.07, 6.45) is 0. The van der Waals surface area contributed by atoms with Crippen LogP contribution in [0, 0.1) is 0 Å². The monoisotopic (exact) mass is 654 g/mol. The van der Waals surface area contributed by atoms with E-state index in [9.17, 15) is 0 Å². The zero-order valence-electron chi connectivity index (χ0n) is 22.6. The molecule has 0 unspecified atom stereocenters. The first kappa shape index (κ1) is 31.1. The average Bonchev–Trinajstić information content (AvgIpc) is 3.03. The van der Waals surface area contributed by atoms with E-state index in [2.05, 4.69) is 112 Å². The summed E-state index contributed by atoms with van der Waals surface area (Å²) in [7, 11) is 0.617. The molecule has 2 nitrogen and oxygen atoms in total. The van der Waals surface area contributed by atoms with Crippen LogP contribution in [0.1, 0.15) is 1.43 Å². The Morgan fingerprint density at radius 3 is 1.50 bits per heavy atom. The molecule has 0 aliphatic rings. The van der Waals surface area contributed by atoms with Crippen molar-refractivity contribution < 1.29 is 11.1 Å².